The summed E-state index contributed by atoms with van der Waals surface area (Å²) in [6, 6.07) is 15.3. The molecule has 34 heavy (non-hydrogen) atoms. The van der Waals surface area contributed by atoms with E-state index in [4.69, 9.17) is 17.2 Å². The fourth-order valence-electron chi connectivity index (χ4n) is 4.83. The van der Waals surface area contributed by atoms with Crippen LogP contribution in [0.1, 0.15) is 31.4 Å². The first-order valence-electron chi connectivity index (χ1n) is 11.5. The van der Waals surface area contributed by atoms with Crippen molar-refractivity contribution >= 4 is 51.7 Å². The number of thioether (sulfide) groups is 1. The summed E-state index contributed by atoms with van der Waals surface area (Å²) in [5, 5.41) is 0. The maximum Gasteiger partial charge on any atom is 0.267 e. The van der Waals surface area contributed by atoms with Gasteiger partial charge in [-0.2, -0.15) is 0 Å². The van der Waals surface area contributed by atoms with Crippen molar-refractivity contribution in [2.24, 2.45) is 11.8 Å². The minimum atomic E-state index is -0.181. The smallest absolute Gasteiger partial charge is 0.267 e. The van der Waals surface area contributed by atoms with Crippen LogP contribution in [0.4, 0.5) is 5.82 Å². The molecule has 3 aromatic rings. The number of benzene rings is 1. The van der Waals surface area contributed by atoms with Crippen molar-refractivity contribution < 1.29 is 4.79 Å². The van der Waals surface area contributed by atoms with Gasteiger partial charge in [0.05, 0.1) is 17.0 Å². The van der Waals surface area contributed by atoms with E-state index < -0.39 is 0 Å². The number of fused-ring (bicyclic) bond motifs is 1. The van der Waals surface area contributed by atoms with Gasteiger partial charge in [0.15, 0.2) is 0 Å². The van der Waals surface area contributed by atoms with Gasteiger partial charge in [0.25, 0.3) is 11.5 Å². The van der Waals surface area contributed by atoms with Gasteiger partial charge in [-0.1, -0.05) is 74.2 Å². The summed E-state index contributed by atoms with van der Waals surface area (Å²) in [6.45, 7) is 6.52. The van der Waals surface area contributed by atoms with Crippen molar-refractivity contribution in [2.75, 3.05) is 18.0 Å². The maximum atomic E-state index is 13.6. The van der Waals surface area contributed by atoms with Crippen LogP contribution in [0.2, 0.25) is 0 Å². The third kappa shape index (κ3) is 4.40. The highest BCUT2D eigenvalue weighted by atomic mass is 32.2. The summed E-state index contributed by atoms with van der Waals surface area (Å²) in [4.78, 5) is 36.0. The van der Waals surface area contributed by atoms with Crippen LogP contribution in [-0.4, -0.2) is 37.6 Å². The lowest BCUT2D eigenvalue weighted by Crippen LogP contribution is -2.40. The van der Waals surface area contributed by atoms with Crippen molar-refractivity contribution in [1.29, 1.82) is 0 Å². The van der Waals surface area contributed by atoms with Crippen LogP contribution in [0.5, 0.6) is 0 Å². The minimum absolute atomic E-state index is 0.178. The van der Waals surface area contributed by atoms with Crippen molar-refractivity contribution in [2.45, 2.75) is 26.8 Å². The Morgan fingerprint density at radius 2 is 1.76 bits per heavy atom. The highest BCUT2D eigenvalue weighted by molar-refractivity contribution is 8.26. The maximum absolute atomic E-state index is 13.6. The highest BCUT2D eigenvalue weighted by Crippen LogP contribution is 2.35. The van der Waals surface area contributed by atoms with E-state index in [1.54, 1.807) is 17.2 Å². The van der Waals surface area contributed by atoms with Crippen molar-refractivity contribution in [1.82, 2.24) is 14.3 Å². The number of hydrogen-bond acceptors (Lipinski definition) is 6. The quantitative estimate of drug-likeness (QED) is 0.394. The standard InChI is InChI=1S/C26H26N4O2S2/c1-17-12-18(2)15-28(14-17)23-20(24(31)29-11-7-6-10-22(29)27-23)13-21-25(32)30(26(33)34-21)16-19-8-4-3-5-9-19/h3-11,13,17-18H,12,14-16H2,1-2H3/b21-13-/t17-,18-/m1/s1. The Balaban J connectivity index is 1.57. The fraction of sp³-hybridized carbons (Fsp3) is 0.308. The lowest BCUT2D eigenvalue weighted by Gasteiger charge is -2.36. The Bertz CT molecular complexity index is 1340. The molecule has 0 radical (unpaired) electrons. The number of carbonyl (C=O) groups is 1. The summed E-state index contributed by atoms with van der Waals surface area (Å²) in [6.07, 6.45) is 4.56. The van der Waals surface area contributed by atoms with E-state index in [1.165, 1.54) is 16.2 Å². The van der Waals surface area contributed by atoms with Gasteiger partial charge in [-0.25, -0.2) is 4.98 Å². The topological polar surface area (TPSA) is 57.9 Å². The zero-order valence-electron chi connectivity index (χ0n) is 19.2. The normalized spacial score (nSPS) is 22.2. The zero-order valence-corrected chi connectivity index (χ0v) is 20.8. The lowest BCUT2D eigenvalue weighted by atomic mass is 9.91. The number of piperidine rings is 1. The second-order valence-corrected chi connectivity index (χ2v) is 10.9. The van der Waals surface area contributed by atoms with Crippen molar-refractivity contribution in [3.05, 3.63) is 81.1 Å². The molecule has 2 aliphatic heterocycles. The summed E-state index contributed by atoms with van der Waals surface area (Å²) in [5.41, 5.74) is 1.86. The highest BCUT2D eigenvalue weighted by Gasteiger charge is 2.33. The molecule has 5 rings (SSSR count). The largest absolute Gasteiger partial charge is 0.355 e. The third-order valence-electron chi connectivity index (χ3n) is 6.25. The average molecular weight is 491 g/mol. The van der Waals surface area contributed by atoms with E-state index in [-0.39, 0.29) is 11.5 Å². The number of hydrogen-bond donors (Lipinski definition) is 0. The predicted octanol–water partition coefficient (Wildman–Crippen LogP) is 4.58. The zero-order chi connectivity index (χ0) is 23.8. The molecule has 1 aromatic carbocycles. The van der Waals surface area contributed by atoms with Gasteiger partial charge in [0, 0.05) is 19.3 Å². The molecule has 2 saturated heterocycles. The summed E-state index contributed by atoms with van der Waals surface area (Å²) < 4.78 is 2.03. The first-order chi connectivity index (χ1) is 16.4. The van der Waals surface area contributed by atoms with E-state index in [0.717, 1.165) is 25.1 Å². The number of pyridine rings is 1. The van der Waals surface area contributed by atoms with E-state index in [2.05, 4.69) is 18.7 Å². The van der Waals surface area contributed by atoms with Gasteiger partial charge < -0.3 is 4.90 Å². The Labute approximate surface area is 208 Å². The molecule has 0 N–H and O–H groups in total. The van der Waals surface area contributed by atoms with Crippen LogP contribution in [0.15, 0.2) is 64.4 Å². The lowest BCUT2D eigenvalue weighted by molar-refractivity contribution is -0.122. The van der Waals surface area contributed by atoms with Gasteiger partial charge in [0.2, 0.25) is 0 Å². The molecule has 8 heteroatoms. The molecule has 0 unspecified atom stereocenters. The van der Waals surface area contributed by atoms with E-state index in [0.29, 0.717) is 44.6 Å². The van der Waals surface area contributed by atoms with E-state index in [1.807, 2.05) is 48.5 Å². The monoisotopic (exact) mass is 490 g/mol. The number of amides is 1. The third-order valence-corrected chi connectivity index (χ3v) is 7.63. The molecule has 0 bridgehead atoms. The van der Waals surface area contributed by atoms with Crippen LogP contribution in [0.25, 0.3) is 11.7 Å². The molecule has 0 saturated carbocycles. The molecule has 4 heterocycles. The number of rotatable bonds is 4. The Morgan fingerprint density at radius 3 is 2.50 bits per heavy atom. The summed E-state index contributed by atoms with van der Waals surface area (Å²) in [5.74, 6) is 1.46. The second-order valence-electron chi connectivity index (χ2n) is 9.19. The molecule has 2 fully saturated rings. The summed E-state index contributed by atoms with van der Waals surface area (Å²) in [7, 11) is 0. The van der Waals surface area contributed by atoms with Crippen LogP contribution in [0.3, 0.4) is 0 Å². The number of carbonyl (C=O) groups excluding carboxylic acids is 1. The van der Waals surface area contributed by atoms with Gasteiger partial charge in [-0.3, -0.25) is 18.9 Å². The molecule has 2 aromatic heterocycles. The van der Waals surface area contributed by atoms with E-state index >= 15 is 0 Å². The summed E-state index contributed by atoms with van der Waals surface area (Å²) >= 11 is 6.77. The fourth-order valence-corrected chi connectivity index (χ4v) is 6.06. The Hall–Kier alpha value is -2.97. The van der Waals surface area contributed by atoms with Crippen molar-refractivity contribution in [3.8, 4) is 0 Å². The number of anilines is 1. The van der Waals surface area contributed by atoms with Crippen LogP contribution in [0, 0.1) is 11.8 Å². The van der Waals surface area contributed by atoms with Crippen LogP contribution >= 0.6 is 24.0 Å². The predicted molar refractivity (Wildman–Crippen MR) is 142 cm³/mol. The molecule has 174 valence electrons. The van der Waals surface area contributed by atoms with Crippen LogP contribution in [-0.2, 0) is 11.3 Å². The molecule has 2 aliphatic rings. The molecule has 0 aliphatic carbocycles. The molecule has 6 nitrogen and oxygen atoms in total. The molecule has 2 atom stereocenters. The second kappa shape index (κ2) is 9.35. The molecular formula is C26H26N4O2S2. The minimum Gasteiger partial charge on any atom is -0.355 e. The average Bonchev–Trinajstić information content (AvgIpc) is 3.08. The van der Waals surface area contributed by atoms with Gasteiger partial charge in [-0.05, 0) is 42.0 Å². The van der Waals surface area contributed by atoms with Crippen molar-refractivity contribution in [3.63, 3.8) is 0 Å². The van der Waals surface area contributed by atoms with Crippen LogP contribution < -0.4 is 10.5 Å². The Morgan fingerprint density at radius 1 is 1.06 bits per heavy atom. The Kier molecular flexibility index (Phi) is 6.27. The number of nitrogens with zero attached hydrogens (tertiary/aromatic N) is 4. The number of thiocarbonyl (C=S) groups is 1. The first kappa shape index (κ1) is 22.8. The SMILES string of the molecule is C[C@@H]1C[C@@H](C)CN(c2nc3ccccn3c(=O)c2/C=C2\SC(=S)N(Cc3ccccc3)C2=O)C1. The van der Waals surface area contributed by atoms with Gasteiger partial charge in [0.1, 0.15) is 15.8 Å². The van der Waals surface area contributed by atoms with Gasteiger partial charge in [-0.15, -0.1) is 0 Å². The molecule has 0 spiro atoms. The molecular weight excluding hydrogens is 464 g/mol. The first-order valence-corrected chi connectivity index (χ1v) is 12.7. The van der Waals surface area contributed by atoms with E-state index in [9.17, 15) is 9.59 Å². The molecule has 1 amide bonds. The number of aromatic nitrogens is 2. The van der Waals surface area contributed by atoms with Gasteiger partial charge >= 0.3 is 0 Å².